The summed E-state index contributed by atoms with van der Waals surface area (Å²) in [6.45, 7) is 7.71. The van der Waals surface area contributed by atoms with Gasteiger partial charge in [0.1, 0.15) is 23.0 Å². The third kappa shape index (κ3) is 5.94. The molecule has 1 saturated heterocycles. The van der Waals surface area contributed by atoms with Gasteiger partial charge in [0, 0.05) is 5.56 Å². The van der Waals surface area contributed by atoms with E-state index in [4.69, 9.17) is 14.2 Å². The molecule has 11 heteroatoms. The highest BCUT2D eigenvalue weighted by atomic mass is 32.1. The van der Waals surface area contributed by atoms with Gasteiger partial charge in [0.05, 0.1) is 31.0 Å². The fourth-order valence-corrected chi connectivity index (χ4v) is 5.27. The largest absolute Gasteiger partial charge is 0.507 e. The van der Waals surface area contributed by atoms with E-state index in [9.17, 15) is 24.6 Å². The number of esters is 1. The van der Waals surface area contributed by atoms with Crippen LogP contribution in [0.4, 0.5) is 5.13 Å². The summed E-state index contributed by atoms with van der Waals surface area (Å²) < 4.78 is 16.1. The van der Waals surface area contributed by atoms with Crippen LogP contribution in [0.1, 0.15) is 52.3 Å². The number of phenolic OH excluding ortho intramolecular Hbond substituents is 1. The number of Topliss-reactive ketones (excluding diaryl/α,β-unsaturated/α-hetero) is 1. The van der Waals surface area contributed by atoms with Crippen molar-refractivity contribution in [2.45, 2.75) is 32.7 Å². The number of aliphatic hydroxyl groups is 1. The molecule has 41 heavy (non-hydrogen) atoms. The number of unbranched alkanes of at least 4 members (excludes halogenated alkanes) is 1. The predicted octanol–water partition coefficient (Wildman–Crippen LogP) is 5.31. The molecule has 1 amide bonds. The maximum absolute atomic E-state index is 13.5. The Morgan fingerprint density at radius 3 is 2.59 bits per heavy atom. The fourth-order valence-electron chi connectivity index (χ4n) is 4.28. The number of ketones is 1. The number of amides is 1. The van der Waals surface area contributed by atoms with E-state index < -0.39 is 29.5 Å². The number of benzene rings is 2. The fraction of sp³-hybridized carbons (Fsp3) is 0.267. The van der Waals surface area contributed by atoms with Crippen LogP contribution in [0.25, 0.3) is 5.76 Å². The van der Waals surface area contributed by atoms with Crippen molar-refractivity contribution in [2.75, 3.05) is 25.2 Å². The van der Waals surface area contributed by atoms with Crippen LogP contribution < -0.4 is 14.4 Å². The van der Waals surface area contributed by atoms with Crippen LogP contribution >= 0.6 is 11.3 Å². The molecule has 0 saturated carbocycles. The average Bonchev–Trinajstić information content (AvgIpc) is 3.48. The Kier molecular flexibility index (Phi) is 9.08. The zero-order chi connectivity index (χ0) is 29.7. The molecule has 2 N–H and O–H groups in total. The van der Waals surface area contributed by atoms with Crippen molar-refractivity contribution >= 4 is 39.9 Å². The minimum absolute atomic E-state index is 0.00818. The second kappa shape index (κ2) is 12.7. The third-order valence-electron chi connectivity index (χ3n) is 6.37. The lowest BCUT2D eigenvalue weighted by Gasteiger charge is -2.23. The van der Waals surface area contributed by atoms with Crippen molar-refractivity contribution in [3.63, 3.8) is 0 Å². The number of carbonyl (C=O) groups excluding carboxylic acids is 3. The van der Waals surface area contributed by atoms with Crippen molar-refractivity contribution in [1.82, 2.24) is 4.98 Å². The summed E-state index contributed by atoms with van der Waals surface area (Å²) in [7, 11) is 1.37. The molecule has 1 aromatic heterocycles. The monoisotopic (exact) mass is 578 g/mol. The molecular formula is C30H30N2O8S. The molecule has 0 spiro atoms. The number of carbonyl (C=O) groups is 3. The Bertz CT molecular complexity index is 1510. The minimum atomic E-state index is -1.15. The summed E-state index contributed by atoms with van der Waals surface area (Å²) in [4.78, 5) is 45.2. The molecular weight excluding hydrogens is 548 g/mol. The molecule has 1 atom stereocenters. The van der Waals surface area contributed by atoms with Crippen LogP contribution in [0.15, 0.2) is 60.7 Å². The first kappa shape index (κ1) is 29.3. The van der Waals surface area contributed by atoms with Crippen LogP contribution in [-0.2, 0) is 14.3 Å². The number of thiazole rings is 1. The van der Waals surface area contributed by atoms with Crippen LogP contribution in [0.3, 0.4) is 0 Å². The number of anilines is 1. The smallest absolute Gasteiger partial charge is 0.350 e. The highest BCUT2D eigenvalue weighted by Crippen LogP contribution is 2.45. The van der Waals surface area contributed by atoms with Crippen LogP contribution in [0.2, 0.25) is 0 Å². The summed E-state index contributed by atoms with van der Waals surface area (Å²) in [5.74, 6) is -2.37. The first-order valence-corrected chi connectivity index (χ1v) is 13.7. The SMILES string of the molecule is C=CCOC(=O)c1sc(N2C(=O)C(=O)/C(=C(/O)c3ccc(OCCCC)cc3)C2c2ccc(O)c(OC)c2)nc1C. The minimum Gasteiger partial charge on any atom is -0.507 e. The van der Waals surface area contributed by atoms with Crippen molar-refractivity contribution in [1.29, 1.82) is 0 Å². The van der Waals surface area contributed by atoms with Gasteiger partial charge in [-0.25, -0.2) is 9.78 Å². The molecule has 0 bridgehead atoms. The number of hydrogen-bond acceptors (Lipinski definition) is 10. The number of phenols is 1. The lowest BCUT2D eigenvalue weighted by molar-refractivity contribution is -0.132. The van der Waals surface area contributed by atoms with Gasteiger partial charge in [-0.1, -0.05) is 43.4 Å². The summed E-state index contributed by atoms with van der Waals surface area (Å²) >= 11 is 0.885. The summed E-state index contributed by atoms with van der Waals surface area (Å²) in [6.07, 6.45) is 3.30. The average molecular weight is 579 g/mol. The Labute approximate surface area is 241 Å². The van der Waals surface area contributed by atoms with Gasteiger partial charge in [0.2, 0.25) is 0 Å². The van der Waals surface area contributed by atoms with E-state index in [0.29, 0.717) is 29.2 Å². The van der Waals surface area contributed by atoms with Gasteiger partial charge in [-0.2, -0.15) is 0 Å². The Morgan fingerprint density at radius 1 is 1.20 bits per heavy atom. The van der Waals surface area contributed by atoms with Crippen LogP contribution in [0, 0.1) is 6.92 Å². The zero-order valence-corrected chi connectivity index (χ0v) is 23.7. The quantitative estimate of drug-likeness (QED) is 0.0774. The summed E-state index contributed by atoms with van der Waals surface area (Å²) in [5.41, 5.74) is 0.779. The lowest BCUT2D eigenvalue weighted by atomic mass is 9.95. The first-order chi connectivity index (χ1) is 19.7. The number of nitrogens with zero attached hydrogens (tertiary/aromatic N) is 2. The van der Waals surface area contributed by atoms with E-state index in [1.165, 1.54) is 31.4 Å². The van der Waals surface area contributed by atoms with E-state index in [0.717, 1.165) is 29.1 Å². The molecule has 0 aliphatic carbocycles. The van der Waals surface area contributed by atoms with Crippen molar-refractivity contribution in [2.24, 2.45) is 0 Å². The van der Waals surface area contributed by atoms with Gasteiger partial charge in [0.25, 0.3) is 5.78 Å². The van der Waals surface area contributed by atoms with E-state index in [1.54, 1.807) is 31.2 Å². The summed E-state index contributed by atoms with van der Waals surface area (Å²) in [6, 6.07) is 9.74. The molecule has 2 aromatic carbocycles. The molecule has 4 rings (SSSR count). The molecule has 1 unspecified atom stereocenters. The van der Waals surface area contributed by atoms with Gasteiger partial charge in [0.15, 0.2) is 16.6 Å². The molecule has 1 fully saturated rings. The zero-order valence-electron chi connectivity index (χ0n) is 22.9. The van der Waals surface area contributed by atoms with Gasteiger partial charge in [-0.3, -0.25) is 14.5 Å². The van der Waals surface area contributed by atoms with Crippen LogP contribution in [-0.4, -0.2) is 53.2 Å². The van der Waals surface area contributed by atoms with E-state index >= 15 is 0 Å². The number of aromatic nitrogens is 1. The number of aryl methyl sites for hydroxylation is 1. The standard InChI is InChI=1S/C30H30N2O8S/c1-5-7-15-39-20-11-8-18(9-12-20)25(34)23-24(19-10-13-21(33)22(16-19)38-4)32(28(36)26(23)35)30-31-17(3)27(41-30)29(37)40-14-6-2/h6,8-13,16,24,33-34H,2,5,7,14-15H2,1,3-4H3/b25-23+. The molecule has 3 aromatic rings. The lowest BCUT2D eigenvalue weighted by Crippen LogP contribution is -2.29. The Morgan fingerprint density at radius 2 is 1.93 bits per heavy atom. The highest BCUT2D eigenvalue weighted by molar-refractivity contribution is 7.17. The van der Waals surface area contributed by atoms with Gasteiger partial charge >= 0.3 is 11.9 Å². The number of ether oxygens (including phenoxy) is 3. The highest BCUT2D eigenvalue weighted by Gasteiger charge is 2.48. The molecule has 214 valence electrons. The van der Waals surface area contributed by atoms with Gasteiger partial charge in [-0.05, 0) is 55.3 Å². The molecule has 1 aliphatic rings. The topological polar surface area (TPSA) is 135 Å². The maximum Gasteiger partial charge on any atom is 0.350 e. The number of aliphatic hydroxyl groups excluding tert-OH is 1. The van der Waals surface area contributed by atoms with Gasteiger partial charge in [-0.15, -0.1) is 0 Å². The van der Waals surface area contributed by atoms with Crippen molar-refractivity contribution in [3.8, 4) is 17.2 Å². The summed E-state index contributed by atoms with van der Waals surface area (Å²) in [5, 5.41) is 21.6. The molecule has 2 heterocycles. The van der Waals surface area contributed by atoms with E-state index in [2.05, 4.69) is 18.5 Å². The maximum atomic E-state index is 13.5. The first-order valence-electron chi connectivity index (χ1n) is 12.9. The second-order valence-electron chi connectivity index (χ2n) is 9.12. The number of hydrogen-bond donors (Lipinski definition) is 2. The molecule has 1 aliphatic heterocycles. The van der Waals surface area contributed by atoms with Crippen molar-refractivity contribution in [3.05, 3.63) is 82.4 Å². The number of rotatable bonds is 11. The predicted molar refractivity (Wildman–Crippen MR) is 154 cm³/mol. The van der Waals surface area contributed by atoms with Crippen LogP contribution in [0.5, 0.6) is 17.2 Å². The van der Waals surface area contributed by atoms with Crippen molar-refractivity contribution < 1.29 is 38.8 Å². The normalized spacial score (nSPS) is 16.1. The van der Waals surface area contributed by atoms with E-state index in [-0.39, 0.29) is 33.7 Å². The molecule has 0 radical (unpaired) electrons. The second-order valence-corrected chi connectivity index (χ2v) is 10.1. The Hall–Kier alpha value is -4.64. The van der Waals surface area contributed by atoms with E-state index in [1.807, 2.05) is 0 Å². The number of methoxy groups -OCH3 is 1. The molecule has 10 nitrogen and oxygen atoms in total. The Balaban J connectivity index is 1.83. The van der Waals surface area contributed by atoms with Gasteiger partial charge < -0.3 is 24.4 Å². The number of aromatic hydroxyl groups is 1. The third-order valence-corrected chi connectivity index (χ3v) is 7.50.